The number of nitriles is 1. The first kappa shape index (κ1) is 13.8. The Hall–Kier alpha value is -2.17. The van der Waals surface area contributed by atoms with E-state index >= 15 is 0 Å². The number of hydrogen-bond donors (Lipinski definition) is 0. The Morgan fingerprint density at radius 1 is 1.33 bits per heavy atom. The molecule has 3 aromatic heterocycles. The van der Waals surface area contributed by atoms with Gasteiger partial charge < -0.3 is 4.57 Å². The van der Waals surface area contributed by atoms with E-state index in [0.717, 1.165) is 22.4 Å². The molecule has 0 spiro atoms. The number of rotatable bonds is 4. The second-order valence-corrected chi connectivity index (χ2v) is 6.33. The van der Waals surface area contributed by atoms with Gasteiger partial charge in [-0.25, -0.2) is 4.98 Å². The number of hydrogen-bond acceptors (Lipinski definition) is 6. The van der Waals surface area contributed by atoms with E-state index in [0.29, 0.717) is 5.56 Å². The van der Waals surface area contributed by atoms with Gasteiger partial charge in [-0.05, 0) is 35.3 Å². The summed E-state index contributed by atoms with van der Waals surface area (Å²) in [4.78, 5) is 5.49. The zero-order valence-corrected chi connectivity index (χ0v) is 12.9. The molecule has 0 aliphatic rings. The van der Waals surface area contributed by atoms with Gasteiger partial charge in [0.1, 0.15) is 16.9 Å². The summed E-state index contributed by atoms with van der Waals surface area (Å²) in [7, 11) is 1.95. The lowest BCUT2D eigenvalue weighted by Crippen LogP contribution is -1.99. The van der Waals surface area contributed by atoms with Crippen LogP contribution in [-0.2, 0) is 13.5 Å². The monoisotopic (exact) mass is 313 g/mol. The van der Waals surface area contributed by atoms with Gasteiger partial charge in [0.05, 0.1) is 5.56 Å². The van der Waals surface area contributed by atoms with Crippen LogP contribution in [0.1, 0.15) is 16.3 Å². The summed E-state index contributed by atoms with van der Waals surface area (Å²) in [6.45, 7) is 0. The highest BCUT2D eigenvalue weighted by atomic mass is 32.2. The first-order valence-corrected chi connectivity index (χ1v) is 7.90. The van der Waals surface area contributed by atoms with Gasteiger partial charge in [-0.1, -0.05) is 6.07 Å². The van der Waals surface area contributed by atoms with Crippen molar-refractivity contribution in [1.29, 1.82) is 5.26 Å². The van der Waals surface area contributed by atoms with Crippen LogP contribution < -0.4 is 0 Å². The second kappa shape index (κ2) is 6.08. The molecule has 0 aliphatic carbocycles. The van der Waals surface area contributed by atoms with Crippen LogP contribution in [0, 0.1) is 11.3 Å². The van der Waals surface area contributed by atoms with E-state index in [9.17, 15) is 0 Å². The minimum Gasteiger partial charge on any atom is -0.309 e. The van der Waals surface area contributed by atoms with E-state index in [-0.39, 0.29) is 0 Å². The summed E-state index contributed by atoms with van der Waals surface area (Å²) < 4.78 is 1.98. The molecule has 21 heavy (non-hydrogen) atoms. The molecule has 0 N–H and O–H groups in total. The Morgan fingerprint density at radius 3 is 2.90 bits per heavy atom. The summed E-state index contributed by atoms with van der Waals surface area (Å²) in [6, 6.07) is 9.75. The standard InChI is InChI=1S/C14H11N5S2/c1-19-12(7-11-3-2-6-20-11)17-18-14(19)21-13-5-4-10(8-15)9-16-13/h2-6,9H,7H2,1H3. The minimum atomic E-state index is 0.552. The predicted molar refractivity (Wildman–Crippen MR) is 81.2 cm³/mol. The molecule has 0 bridgehead atoms. The van der Waals surface area contributed by atoms with Crippen LogP contribution in [0.4, 0.5) is 0 Å². The summed E-state index contributed by atoms with van der Waals surface area (Å²) >= 11 is 3.15. The lowest BCUT2D eigenvalue weighted by Gasteiger charge is -2.02. The molecule has 0 aliphatic heterocycles. The van der Waals surface area contributed by atoms with Gasteiger partial charge >= 0.3 is 0 Å². The van der Waals surface area contributed by atoms with Crippen molar-refractivity contribution in [3.05, 3.63) is 52.1 Å². The molecule has 0 aromatic carbocycles. The summed E-state index contributed by atoms with van der Waals surface area (Å²) in [5.74, 6) is 0.925. The van der Waals surface area contributed by atoms with Crippen LogP contribution in [0.3, 0.4) is 0 Å². The first-order chi connectivity index (χ1) is 10.3. The van der Waals surface area contributed by atoms with Crippen molar-refractivity contribution in [2.24, 2.45) is 7.05 Å². The average molecular weight is 313 g/mol. The summed E-state index contributed by atoms with van der Waals surface area (Å²) in [6.07, 6.45) is 2.34. The van der Waals surface area contributed by atoms with Crippen molar-refractivity contribution in [2.75, 3.05) is 0 Å². The zero-order chi connectivity index (χ0) is 14.7. The fourth-order valence-corrected chi connectivity index (χ4v) is 3.21. The highest BCUT2D eigenvalue weighted by Gasteiger charge is 2.11. The van der Waals surface area contributed by atoms with Crippen molar-refractivity contribution >= 4 is 23.1 Å². The number of aromatic nitrogens is 4. The van der Waals surface area contributed by atoms with Gasteiger partial charge in [-0.15, -0.1) is 21.5 Å². The molecule has 0 saturated carbocycles. The SMILES string of the molecule is Cn1c(Cc2cccs2)nnc1Sc1ccc(C#N)cn1. The molecule has 3 aromatic rings. The van der Waals surface area contributed by atoms with Crippen LogP contribution in [0.25, 0.3) is 0 Å². The third kappa shape index (κ3) is 3.12. The van der Waals surface area contributed by atoms with E-state index < -0.39 is 0 Å². The molecule has 0 unspecified atom stereocenters. The van der Waals surface area contributed by atoms with Crippen LogP contribution in [0.15, 0.2) is 46.0 Å². The third-order valence-electron chi connectivity index (χ3n) is 2.90. The smallest absolute Gasteiger partial charge is 0.197 e. The molecular weight excluding hydrogens is 302 g/mol. The van der Waals surface area contributed by atoms with E-state index in [4.69, 9.17) is 5.26 Å². The van der Waals surface area contributed by atoms with Crippen LogP contribution in [0.2, 0.25) is 0 Å². The van der Waals surface area contributed by atoms with E-state index in [2.05, 4.69) is 32.7 Å². The molecule has 3 rings (SSSR count). The van der Waals surface area contributed by atoms with Crippen LogP contribution in [-0.4, -0.2) is 19.7 Å². The molecular formula is C14H11N5S2. The lowest BCUT2D eigenvalue weighted by molar-refractivity contribution is 0.750. The normalized spacial score (nSPS) is 10.5. The maximum Gasteiger partial charge on any atom is 0.197 e. The highest BCUT2D eigenvalue weighted by molar-refractivity contribution is 7.99. The largest absolute Gasteiger partial charge is 0.309 e. The minimum absolute atomic E-state index is 0.552. The van der Waals surface area contributed by atoms with Crippen LogP contribution >= 0.6 is 23.1 Å². The Labute approximate surface area is 130 Å². The molecule has 7 heteroatoms. The summed E-state index contributed by atoms with van der Waals surface area (Å²) in [5.41, 5.74) is 0.552. The lowest BCUT2D eigenvalue weighted by atomic mass is 10.3. The molecule has 0 fully saturated rings. The molecule has 0 saturated heterocycles. The predicted octanol–water partition coefficient (Wildman–Crippen LogP) is 2.89. The van der Waals surface area contributed by atoms with Crippen molar-refractivity contribution in [1.82, 2.24) is 19.7 Å². The average Bonchev–Trinajstić information content (AvgIpc) is 3.13. The molecule has 5 nitrogen and oxygen atoms in total. The van der Waals surface area contributed by atoms with Gasteiger partial charge in [0.25, 0.3) is 0 Å². The van der Waals surface area contributed by atoms with Gasteiger partial charge in [-0.3, -0.25) is 0 Å². The highest BCUT2D eigenvalue weighted by Crippen LogP contribution is 2.25. The molecule has 104 valence electrons. The Morgan fingerprint density at radius 2 is 2.24 bits per heavy atom. The molecule has 0 atom stereocenters. The maximum absolute atomic E-state index is 8.77. The van der Waals surface area contributed by atoms with E-state index in [1.165, 1.54) is 16.6 Å². The molecule has 0 radical (unpaired) electrons. The van der Waals surface area contributed by atoms with E-state index in [1.54, 1.807) is 23.6 Å². The van der Waals surface area contributed by atoms with Crippen molar-refractivity contribution in [3.63, 3.8) is 0 Å². The second-order valence-electron chi connectivity index (χ2n) is 4.31. The topological polar surface area (TPSA) is 67.4 Å². The Kier molecular flexibility index (Phi) is 3.99. The fraction of sp³-hybridized carbons (Fsp3) is 0.143. The van der Waals surface area contributed by atoms with E-state index in [1.807, 2.05) is 23.7 Å². The van der Waals surface area contributed by atoms with Crippen LogP contribution in [0.5, 0.6) is 0 Å². The quantitative estimate of drug-likeness (QED) is 0.741. The maximum atomic E-state index is 8.77. The number of nitrogens with zero attached hydrogens (tertiary/aromatic N) is 5. The van der Waals surface area contributed by atoms with Crippen molar-refractivity contribution in [2.45, 2.75) is 16.6 Å². The van der Waals surface area contributed by atoms with Crippen molar-refractivity contribution in [3.8, 4) is 6.07 Å². The third-order valence-corrected chi connectivity index (χ3v) is 4.76. The van der Waals surface area contributed by atoms with Gasteiger partial charge in [0.15, 0.2) is 5.16 Å². The van der Waals surface area contributed by atoms with Gasteiger partial charge in [-0.2, -0.15) is 5.26 Å². The summed E-state index contributed by atoms with van der Waals surface area (Å²) in [5, 5.41) is 20.9. The Balaban J connectivity index is 1.77. The molecule has 0 amide bonds. The van der Waals surface area contributed by atoms with Crippen molar-refractivity contribution < 1.29 is 0 Å². The number of pyridine rings is 1. The molecule has 3 heterocycles. The fourth-order valence-electron chi connectivity index (χ4n) is 1.76. The number of thiophene rings is 1. The first-order valence-electron chi connectivity index (χ1n) is 6.21. The zero-order valence-electron chi connectivity index (χ0n) is 11.2. The van der Waals surface area contributed by atoms with Gasteiger partial charge in [0.2, 0.25) is 0 Å². The van der Waals surface area contributed by atoms with Gasteiger partial charge in [0, 0.05) is 24.5 Å². The Bertz CT molecular complexity index is 769.